The van der Waals surface area contributed by atoms with Gasteiger partial charge in [0.1, 0.15) is 5.69 Å². The highest BCUT2D eigenvalue weighted by molar-refractivity contribution is 6.30. The normalized spacial score (nSPS) is 16.3. The Balaban J connectivity index is 0.00000240. The lowest BCUT2D eigenvalue weighted by Crippen LogP contribution is -2.45. The first-order chi connectivity index (χ1) is 13.6. The number of piperidine rings is 1. The highest BCUT2D eigenvalue weighted by Gasteiger charge is 2.26. The Kier molecular flexibility index (Phi) is 6.96. The third kappa shape index (κ3) is 4.99. The number of rotatable bonds is 4. The summed E-state index contributed by atoms with van der Waals surface area (Å²) in [7, 11) is 0. The molecule has 0 saturated carbocycles. The third-order valence-corrected chi connectivity index (χ3v) is 5.29. The first kappa shape index (κ1) is 21.4. The molecule has 0 bridgehead atoms. The molecular weight excluding hydrogens is 407 g/mol. The fourth-order valence-electron chi connectivity index (χ4n) is 3.62. The van der Waals surface area contributed by atoms with Crippen molar-refractivity contribution in [3.8, 4) is 11.3 Å². The summed E-state index contributed by atoms with van der Waals surface area (Å²) in [5.41, 5.74) is 9.37. The largest absolute Gasteiger partial charge is 0.337 e. The maximum Gasteiger partial charge on any atom is 0.257 e. The van der Waals surface area contributed by atoms with Crippen LogP contribution in [0.4, 0.5) is 0 Å². The van der Waals surface area contributed by atoms with Crippen LogP contribution in [0, 0.1) is 0 Å². The van der Waals surface area contributed by atoms with Crippen molar-refractivity contribution in [2.24, 2.45) is 5.73 Å². The predicted octanol–water partition coefficient (Wildman–Crippen LogP) is 4.24. The number of hydrogen-bond acceptors (Lipinski definition) is 3. The smallest absolute Gasteiger partial charge is 0.257 e. The Bertz CT molecular complexity index is 957. The van der Waals surface area contributed by atoms with E-state index in [4.69, 9.17) is 22.4 Å². The van der Waals surface area contributed by atoms with Crippen LogP contribution in [0.5, 0.6) is 0 Å². The van der Waals surface area contributed by atoms with E-state index in [1.54, 1.807) is 0 Å². The van der Waals surface area contributed by atoms with Gasteiger partial charge in [-0.05, 0) is 30.5 Å². The highest BCUT2D eigenvalue weighted by Crippen LogP contribution is 2.26. The van der Waals surface area contributed by atoms with Gasteiger partial charge < -0.3 is 10.6 Å². The SMILES string of the molecule is Cl.NC1CCCN(C(=O)c2cn(Cc3ccccc3)nc2-c2ccc(Cl)cc2)C1. The van der Waals surface area contributed by atoms with E-state index in [0.717, 1.165) is 30.5 Å². The number of halogens is 2. The van der Waals surface area contributed by atoms with Gasteiger partial charge in [0.25, 0.3) is 5.91 Å². The maximum absolute atomic E-state index is 13.3. The van der Waals surface area contributed by atoms with Crippen molar-refractivity contribution in [3.63, 3.8) is 0 Å². The molecule has 3 aromatic rings. The molecule has 1 aliphatic heterocycles. The summed E-state index contributed by atoms with van der Waals surface area (Å²) in [6.07, 6.45) is 3.74. The van der Waals surface area contributed by atoms with Gasteiger partial charge in [0, 0.05) is 35.9 Å². The molecule has 152 valence electrons. The number of likely N-dealkylation sites (tertiary alicyclic amines) is 1. The lowest BCUT2D eigenvalue weighted by atomic mass is 10.0. The fraction of sp³-hybridized carbons (Fsp3) is 0.273. The molecule has 1 amide bonds. The van der Waals surface area contributed by atoms with Crippen LogP contribution in [-0.4, -0.2) is 39.7 Å². The molecule has 1 unspecified atom stereocenters. The molecule has 29 heavy (non-hydrogen) atoms. The van der Waals surface area contributed by atoms with E-state index in [1.807, 2.05) is 58.2 Å². The van der Waals surface area contributed by atoms with Crippen LogP contribution in [0.1, 0.15) is 28.8 Å². The minimum atomic E-state index is -0.0144. The van der Waals surface area contributed by atoms with E-state index in [-0.39, 0.29) is 24.4 Å². The zero-order chi connectivity index (χ0) is 19.5. The van der Waals surface area contributed by atoms with Crippen molar-refractivity contribution >= 4 is 29.9 Å². The van der Waals surface area contributed by atoms with E-state index in [2.05, 4.69) is 12.1 Å². The van der Waals surface area contributed by atoms with Gasteiger partial charge >= 0.3 is 0 Å². The van der Waals surface area contributed by atoms with Crippen molar-refractivity contribution in [1.82, 2.24) is 14.7 Å². The summed E-state index contributed by atoms with van der Waals surface area (Å²) in [6, 6.07) is 17.6. The molecule has 0 aliphatic carbocycles. The number of amides is 1. The minimum absolute atomic E-state index is 0. The van der Waals surface area contributed by atoms with Crippen LogP contribution < -0.4 is 5.73 Å². The van der Waals surface area contributed by atoms with E-state index in [9.17, 15) is 4.79 Å². The van der Waals surface area contributed by atoms with Gasteiger partial charge in [0.05, 0.1) is 12.1 Å². The summed E-state index contributed by atoms with van der Waals surface area (Å²) in [4.78, 5) is 15.1. The van der Waals surface area contributed by atoms with Crippen molar-refractivity contribution < 1.29 is 4.79 Å². The van der Waals surface area contributed by atoms with Crippen LogP contribution in [0.2, 0.25) is 5.02 Å². The number of nitrogens with zero attached hydrogens (tertiary/aromatic N) is 3. The maximum atomic E-state index is 13.3. The summed E-state index contributed by atoms with van der Waals surface area (Å²) in [5.74, 6) is -0.0144. The van der Waals surface area contributed by atoms with Crippen molar-refractivity contribution in [2.75, 3.05) is 13.1 Å². The zero-order valence-electron chi connectivity index (χ0n) is 16.0. The number of carbonyl (C=O) groups excluding carboxylic acids is 1. The Labute approximate surface area is 181 Å². The zero-order valence-corrected chi connectivity index (χ0v) is 17.6. The molecule has 1 saturated heterocycles. The molecule has 5 nitrogen and oxygen atoms in total. The van der Waals surface area contributed by atoms with Gasteiger partial charge in [-0.25, -0.2) is 0 Å². The van der Waals surface area contributed by atoms with E-state index in [1.165, 1.54) is 0 Å². The van der Waals surface area contributed by atoms with Crippen LogP contribution in [0.15, 0.2) is 60.8 Å². The number of carbonyl (C=O) groups is 1. The van der Waals surface area contributed by atoms with Gasteiger partial charge in [-0.15, -0.1) is 12.4 Å². The van der Waals surface area contributed by atoms with Gasteiger partial charge in [0.2, 0.25) is 0 Å². The number of aromatic nitrogens is 2. The minimum Gasteiger partial charge on any atom is -0.337 e. The quantitative estimate of drug-likeness (QED) is 0.672. The number of nitrogens with two attached hydrogens (primary N) is 1. The lowest BCUT2D eigenvalue weighted by molar-refractivity contribution is 0.0709. The van der Waals surface area contributed by atoms with Crippen LogP contribution >= 0.6 is 24.0 Å². The summed E-state index contributed by atoms with van der Waals surface area (Å²) in [5, 5.41) is 5.39. The van der Waals surface area contributed by atoms with E-state index in [0.29, 0.717) is 29.4 Å². The Morgan fingerprint density at radius 1 is 1.14 bits per heavy atom. The van der Waals surface area contributed by atoms with Gasteiger partial charge in [-0.3, -0.25) is 9.48 Å². The molecule has 2 N–H and O–H groups in total. The highest BCUT2D eigenvalue weighted by atomic mass is 35.5. The van der Waals surface area contributed by atoms with Crippen LogP contribution in [-0.2, 0) is 6.54 Å². The molecular formula is C22H24Cl2N4O. The predicted molar refractivity (Wildman–Crippen MR) is 119 cm³/mol. The third-order valence-electron chi connectivity index (χ3n) is 5.04. The van der Waals surface area contributed by atoms with Gasteiger partial charge in [-0.2, -0.15) is 5.10 Å². The average molecular weight is 431 g/mol. The first-order valence-electron chi connectivity index (χ1n) is 9.52. The standard InChI is InChI=1S/C22H23ClN4O.ClH/c23-18-10-8-17(9-11-18)21-20(22(28)26-12-4-7-19(24)14-26)15-27(25-21)13-16-5-2-1-3-6-16;/h1-3,5-6,8-11,15,19H,4,7,12-14,24H2;1H. The summed E-state index contributed by atoms with van der Waals surface area (Å²) >= 11 is 6.04. The van der Waals surface area contributed by atoms with Crippen molar-refractivity contribution in [3.05, 3.63) is 76.9 Å². The molecule has 7 heteroatoms. The second kappa shape index (κ2) is 9.44. The molecule has 2 heterocycles. The molecule has 4 rings (SSSR count). The first-order valence-corrected chi connectivity index (χ1v) is 9.90. The van der Waals surface area contributed by atoms with Crippen LogP contribution in [0.25, 0.3) is 11.3 Å². The Morgan fingerprint density at radius 3 is 2.55 bits per heavy atom. The van der Waals surface area contributed by atoms with Crippen LogP contribution in [0.3, 0.4) is 0 Å². The molecule has 2 aromatic carbocycles. The van der Waals surface area contributed by atoms with Gasteiger partial charge in [-0.1, -0.05) is 54.1 Å². The Morgan fingerprint density at radius 2 is 1.86 bits per heavy atom. The molecule has 0 spiro atoms. The topological polar surface area (TPSA) is 64.2 Å². The summed E-state index contributed by atoms with van der Waals surface area (Å²) < 4.78 is 1.83. The van der Waals surface area contributed by atoms with Crippen molar-refractivity contribution in [2.45, 2.75) is 25.4 Å². The second-order valence-electron chi connectivity index (χ2n) is 7.23. The number of benzene rings is 2. The Hall–Kier alpha value is -2.34. The molecule has 1 atom stereocenters. The monoisotopic (exact) mass is 430 g/mol. The lowest BCUT2D eigenvalue weighted by Gasteiger charge is -2.30. The van der Waals surface area contributed by atoms with E-state index < -0.39 is 0 Å². The molecule has 1 fully saturated rings. The molecule has 1 aliphatic rings. The van der Waals surface area contributed by atoms with Gasteiger partial charge in [0.15, 0.2) is 0 Å². The second-order valence-corrected chi connectivity index (χ2v) is 7.67. The van der Waals surface area contributed by atoms with Crippen molar-refractivity contribution in [1.29, 1.82) is 0 Å². The summed E-state index contributed by atoms with van der Waals surface area (Å²) in [6.45, 7) is 1.92. The average Bonchev–Trinajstić information content (AvgIpc) is 3.12. The molecule has 1 aromatic heterocycles. The van der Waals surface area contributed by atoms with E-state index >= 15 is 0 Å². The fourth-order valence-corrected chi connectivity index (χ4v) is 3.74. The number of hydrogen-bond donors (Lipinski definition) is 1. The molecule has 0 radical (unpaired) electrons.